The first-order valence-electron chi connectivity index (χ1n) is 19.2. The number of carbonyl (C=O) groups excluding carboxylic acids is 1. The van der Waals surface area contributed by atoms with Crippen molar-refractivity contribution < 1.29 is 54.1 Å². The van der Waals surface area contributed by atoms with E-state index in [1.54, 1.807) is 41.7 Å². The molecular weight excluding hydrogens is 670 g/mol. The minimum Gasteiger partial charge on any atom is -0.459 e. The third kappa shape index (κ3) is 17.1. The molecule has 2 rings (SSSR count). The zero-order valence-corrected chi connectivity index (χ0v) is 35.2. The van der Waals surface area contributed by atoms with Gasteiger partial charge in [-0.2, -0.15) is 0 Å². The predicted molar refractivity (Wildman–Crippen MR) is 205 cm³/mol. The van der Waals surface area contributed by atoms with Crippen LogP contribution >= 0.6 is 0 Å². The molecule has 0 bridgehead atoms. The highest BCUT2D eigenvalue weighted by molar-refractivity contribution is 5.88. The third-order valence-electron chi connectivity index (χ3n) is 10.0. The molecular formula is C40H77NO11. The molecule has 2 heterocycles. The fraction of sp³-hybridized carbons (Fsp3) is 0.900. The first-order valence-corrected chi connectivity index (χ1v) is 19.2. The summed E-state index contributed by atoms with van der Waals surface area (Å²) in [7, 11) is 1.63. The Morgan fingerprint density at radius 2 is 1.50 bits per heavy atom. The van der Waals surface area contributed by atoms with Crippen molar-refractivity contribution in [2.75, 3.05) is 27.1 Å². The Morgan fingerprint density at radius 3 is 1.98 bits per heavy atom. The lowest BCUT2D eigenvalue weighted by Gasteiger charge is -2.41. The van der Waals surface area contributed by atoms with Gasteiger partial charge in [-0.15, -0.1) is 11.8 Å². The molecule has 2 unspecified atom stereocenters. The van der Waals surface area contributed by atoms with Crippen LogP contribution < -0.4 is 0 Å². The van der Waals surface area contributed by atoms with Crippen molar-refractivity contribution in [3.8, 4) is 11.8 Å². The Kier molecular flexibility index (Phi) is 26.2. The van der Waals surface area contributed by atoms with E-state index < -0.39 is 64.9 Å². The van der Waals surface area contributed by atoms with Gasteiger partial charge in [-0.1, -0.05) is 60.0 Å². The molecule has 2 saturated heterocycles. The number of unbranched alkanes of at least 4 members (excludes halogenated alkanes) is 1. The Morgan fingerprint density at radius 1 is 0.923 bits per heavy atom. The van der Waals surface area contributed by atoms with Gasteiger partial charge in [-0.05, 0) is 80.1 Å². The van der Waals surface area contributed by atoms with Crippen LogP contribution in [0.15, 0.2) is 5.16 Å². The number of oxime groups is 1. The fourth-order valence-electron chi connectivity index (χ4n) is 6.49. The minimum atomic E-state index is -1.80. The highest BCUT2D eigenvalue weighted by Crippen LogP contribution is 2.34. The number of rotatable bonds is 8. The summed E-state index contributed by atoms with van der Waals surface area (Å²) < 4.78 is 21.5. The highest BCUT2D eigenvalue weighted by Gasteiger charge is 2.47. The Balaban J connectivity index is 0. The molecule has 0 aromatic heterocycles. The number of esters is 1. The van der Waals surface area contributed by atoms with Crippen molar-refractivity contribution in [1.82, 2.24) is 0 Å². The van der Waals surface area contributed by atoms with Crippen LogP contribution in [0.1, 0.15) is 135 Å². The lowest BCUT2D eigenvalue weighted by molar-refractivity contribution is -0.189. The van der Waals surface area contributed by atoms with Gasteiger partial charge in [0.25, 0.3) is 0 Å². The molecule has 2 aliphatic heterocycles. The second-order valence-electron chi connectivity index (χ2n) is 14.7. The molecule has 12 atom stereocenters. The van der Waals surface area contributed by atoms with E-state index in [-0.39, 0.29) is 38.1 Å². The topological polar surface area (TPSA) is 177 Å². The van der Waals surface area contributed by atoms with Crippen molar-refractivity contribution in [3.63, 3.8) is 0 Å². The van der Waals surface area contributed by atoms with Gasteiger partial charge in [-0.25, -0.2) is 0 Å². The van der Waals surface area contributed by atoms with E-state index in [2.05, 4.69) is 23.9 Å². The van der Waals surface area contributed by atoms with E-state index in [1.165, 1.54) is 6.92 Å². The van der Waals surface area contributed by atoms with Crippen LogP contribution in [0.25, 0.3) is 0 Å². The summed E-state index contributed by atoms with van der Waals surface area (Å²) in [6.07, 6.45) is -0.588. The molecule has 0 aromatic carbocycles. The Bertz CT molecular complexity index is 1050. The molecule has 0 spiro atoms. The average Bonchev–Trinajstić information content (AvgIpc) is 3.11. The van der Waals surface area contributed by atoms with Crippen molar-refractivity contribution in [2.24, 2.45) is 28.8 Å². The summed E-state index contributed by atoms with van der Waals surface area (Å²) in [5.41, 5.74) is -2.95. The van der Waals surface area contributed by atoms with E-state index in [0.717, 1.165) is 19.3 Å². The van der Waals surface area contributed by atoms with Crippen LogP contribution in [0.5, 0.6) is 0 Å². The van der Waals surface area contributed by atoms with E-state index in [0.29, 0.717) is 18.9 Å². The maximum atomic E-state index is 12.8. The van der Waals surface area contributed by atoms with E-state index in [9.17, 15) is 30.3 Å². The summed E-state index contributed by atoms with van der Waals surface area (Å²) in [6, 6.07) is 0. The molecule has 2 fully saturated rings. The van der Waals surface area contributed by atoms with Crippen LogP contribution in [0.3, 0.4) is 0 Å². The van der Waals surface area contributed by atoms with Crippen LogP contribution in [-0.4, -0.2) is 112 Å². The zero-order valence-electron chi connectivity index (χ0n) is 35.2. The van der Waals surface area contributed by atoms with Gasteiger partial charge in [0.1, 0.15) is 17.8 Å². The second kappa shape index (κ2) is 26.1. The van der Waals surface area contributed by atoms with Crippen molar-refractivity contribution in [3.05, 3.63) is 0 Å². The Labute approximate surface area is 316 Å². The van der Waals surface area contributed by atoms with Gasteiger partial charge in [-0.3, -0.25) is 4.79 Å². The van der Waals surface area contributed by atoms with Gasteiger partial charge in [0.2, 0.25) is 6.79 Å². The molecule has 308 valence electrons. The van der Waals surface area contributed by atoms with Gasteiger partial charge >= 0.3 is 5.97 Å². The molecule has 0 aliphatic carbocycles. The largest absolute Gasteiger partial charge is 0.459 e. The lowest BCUT2D eigenvalue weighted by atomic mass is 9.75. The maximum absolute atomic E-state index is 12.8. The lowest BCUT2D eigenvalue weighted by Crippen LogP contribution is -2.56. The van der Waals surface area contributed by atoms with Gasteiger partial charge in [0, 0.05) is 32.0 Å². The molecule has 0 amide bonds. The standard InChI is InChI=1S/C26H49NO8.C8H16O3.C4H6.C2H6/c1-9-11-12-33-15-34-27-21-16(3)13-25(7,31)14-17(4)22(28)19(6)24(30)35-20(10-2)26(8,32)23(29)18(21)5;1-6-7(9)8(2,10-3)4-5-11-6;1-3-4-2;1-2/h16-20,22-23,28-29,31-32H,9-15H2,1-8H3;6-7,9H,4-5H2,1-3H3;1-2H3;1-2H3/b27-21+;;;/t16-,17-,18?,19-,20-,22+,23?,25-,26-;6-,7-,8+;;/m10../s1. The van der Waals surface area contributed by atoms with Gasteiger partial charge < -0.3 is 49.3 Å². The van der Waals surface area contributed by atoms with Crippen LogP contribution in [0.4, 0.5) is 0 Å². The first kappa shape index (κ1) is 52.3. The molecule has 0 aromatic rings. The van der Waals surface area contributed by atoms with Crippen molar-refractivity contribution in [1.29, 1.82) is 0 Å². The molecule has 2 aliphatic rings. The monoisotopic (exact) mass is 748 g/mol. The van der Waals surface area contributed by atoms with E-state index >= 15 is 0 Å². The van der Waals surface area contributed by atoms with E-state index in [4.69, 9.17) is 23.8 Å². The molecule has 5 N–H and O–H groups in total. The number of methoxy groups -OCH3 is 1. The zero-order chi connectivity index (χ0) is 40.9. The van der Waals surface area contributed by atoms with E-state index in [1.807, 2.05) is 48.5 Å². The number of aliphatic hydroxyl groups is 5. The SMILES string of the molecule is CC.CC#CC.CCCCOCO/N=C1/C(C)C(O)[C@](C)(O)[C@@H](CC)OC(=O)[C@H](C)[C@@H](O)[C@H](C)C[C@](C)(O)C[C@H]1C.CO[C@]1(C)CCO[C@@H](C)[C@@H]1O. The van der Waals surface area contributed by atoms with Gasteiger partial charge in [0.05, 0.1) is 47.8 Å². The smallest absolute Gasteiger partial charge is 0.311 e. The summed E-state index contributed by atoms with van der Waals surface area (Å²) in [4.78, 5) is 18.2. The quantitative estimate of drug-likeness (QED) is 0.0684. The summed E-state index contributed by atoms with van der Waals surface area (Å²) >= 11 is 0. The number of aliphatic hydroxyl groups excluding tert-OH is 3. The summed E-state index contributed by atoms with van der Waals surface area (Å²) in [5.74, 6) is 2.44. The number of nitrogens with zero attached hydrogens (tertiary/aromatic N) is 1. The molecule has 12 heteroatoms. The Hall–Kier alpha value is -1.82. The number of ether oxygens (including phenoxy) is 4. The van der Waals surface area contributed by atoms with Crippen molar-refractivity contribution >= 4 is 11.7 Å². The average molecular weight is 748 g/mol. The van der Waals surface area contributed by atoms with Crippen LogP contribution in [0.2, 0.25) is 0 Å². The fourth-order valence-corrected chi connectivity index (χ4v) is 6.49. The summed E-state index contributed by atoms with van der Waals surface area (Å²) in [5, 5.41) is 58.4. The van der Waals surface area contributed by atoms with Crippen molar-refractivity contribution in [2.45, 2.75) is 183 Å². The molecule has 0 saturated carbocycles. The number of hydrogen-bond acceptors (Lipinski definition) is 12. The molecule has 12 nitrogen and oxygen atoms in total. The summed E-state index contributed by atoms with van der Waals surface area (Å²) in [6.45, 7) is 26.4. The normalized spacial score (nSPS) is 37.9. The number of hydrogen-bond donors (Lipinski definition) is 5. The molecule has 52 heavy (non-hydrogen) atoms. The minimum absolute atomic E-state index is 0.0534. The third-order valence-corrected chi connectivity index (χ3v) is 10.0. The second-order valence-corrected chi connectivity index (χ2v) is 14.7. The number of cyclic esters (lactones) is 1. The van der Waals surface area contributed by atoms with Gasteiger partial charge in [0.15, 0.2) is 0 Å². The predicted octanol–water partition coefficient (Wildman–Crippen LogP) is 5.63. The maximum Gasteiger partial charge on any atom is 0.311 e. The number of carbonyl (C=O) groups is 1. The molecule has 0 radical (unpaired) electrons. The van der Waals surface area contributed by atoms with Crippen LogP contribution in [0, 0.1) is 35.5 Å². The highest BCUT2D eigenvalue weighted by atomic mass is 16.7. The van der Waals surface area contributed by atoms with Crippen LogP contribution in [-0.2, 0) is 28.6 Å². The first-order chi connectivity index (χ1) is 24.2.